The van der Waals surface area contributed by atoms with Gasteiger partial charge in [0, 0.05) is 37.6 Å². The van der Waals surface area contributed by atoms with Crippen molar-refractivity contribution in [1.82, 2.24) is 4.90 Å². The molecule has 19 heavy (non-hydrogen) atoms. The van der Waals surface area contributed by atoms with Gasteiger partial charge in [-0.1, -0.05) is 39.5 Å². The fourth-order valence-electron chi connectivity index (χ4n) is 2.52. The zero-order valence-corrected chi connectivity index (χ0v) is 12.7. The third-order valence-corrected chi connectivity index (χ3v) is 3.92. The van der Waals surface area contributed by atoms with Crippen LogP contribution < -0.4 is 4.90 Å². The molecule has 2 nitrogen and oxygen atoms in total. The summed E-state index contributed by atoms with van der Waals surface area (Å²) < 4.78 is 0. The predicted molar refractivity (Wildman–Crippen MR) is 83.7 cm³/mol. The molecule has 104 valence electrons. The molecule has 2 heteroatoms. The van der Waals surface area contributed by atoms with Gasteiger partial charge in [-0.05, 0) is 30.0 Å². The molecule has 1 aromatic carbocycles. The Morgan fingerprint density at radius 2 is 1.53 bits per heavy atom. The summed E-state index contributed by atoms with van der Waals surface area (Å²) in [6, 6.07) is 9.05. The number of anilines is 1. The van der Waals surface area contributed by atoms with E-state index in [0.29, 0.717) is 0 Å². The maximum atomic E-state index is 4.02. The molecule has 0 radical (unpaired) electrons. The van der Waals surface area contributed by atoms with E-state index in [4.69, 9.17) is 0 Å². The largest absolute Gasteiger partial charge is 0.372 e. The lowest BCUT2D eigenvalue weighted by Crippen LogP contribution is -2.45. The van der Waals surface area contributed by atoms with Crippen LogP contribution in [0.5, 0.6) is 0 Å². The second-order valence-electron chi connectivity index (χ2n) is 6.51. The molecule has 0 unspecified atom stereocenters. The summed E-state index contributed by atoms with van der Waals surface area (Å²) in [5.74, 6) is 0. The molecular weight excluding hydrogens is 232 g/mol. The monoisotopic (exact) mass is 258 g/mol. The van der Waals surface area contributed by atoms with Crippen LogP contribution in [0.2, 0.25) is 0 Å². The second kappa shape index (κ2) is 5.28. The van der Waals surface area contributed by atoms with E-state index in [9.17, 15) is 0 Å². The first-order valence-corrected chi connectivity index (χ1v) is 7.14. The molecule has 0 aromatic heterocycles. The zero-order chi connectivity index (χ0) is 14.0. The van der Waals surface area contributed by atoms with Gasteiger partial charge in [0.1, 0.15) is 0 Å². The molecule has 0 atom stereocenters. The molecule has 0 aliphatic carbocycles. The van der Waals surface area contributed by atoms with Crippen LogP contribution in [0.1, 0.15) is 33.3 Å². The number of rotatable bonds is 2. The highest BCUT2D eigenvalue weighted by Gasteiger charge is 2.18. The van der Waals surface area contributed by atoms with Crippen molar-refractivity contribution in [1.29, 1.82) is 0 Å². The third kappa shape index (κ3) is 3.31. The van der Waals surface area contributed by atoms with Crippen LogP contribution in [0.4, 0.5) is 5.69 Å². The lowest BCUT2D eigenvalue weighted by atomic mass is 9.87. The maximum Gasteiger partial charge on any atom is 0.0367 e. The first kappa shape index (κ1) is 14.0. The zero-order valence-electron chi connectivity index (χ0n) is 12.7. The van der Waals surface area contributed by atoms with Gasteiger partial charge in [-0.3, -0.25) is 0 Å². The van der Waals surface area contributed by atoms with E-state index in [2.05, 4.69) is 68.3 Å². The summed E-state index contributed by atoms with van der Waals surface area (Å²) >= 11 is 0. The fraction of sp³-hybridized carbons (Fsp3) is 0.529. The Morgan fingerprint density at radius 3 is 1.95 bits per heavy atom. The summed E-state index contributed by atoms with van der Waals surface area (Å²) in [4.78, 5) is 4.83. The van der Waals surface area contributed by atoms with E-state index in [-0.39, 0.29) is 5.41 Å². The molecule has 0 spiro atoms. The Bertz CT molecular complexity index is 431. The van der Waals surface area contributed by atoms with Crippen LogP contribution in [0.25, 0.3) is 0 Å². The predicted octanol–water partition coefficient (Wildman–Crippen LogP) is 3.64. The van der Waals surface area contributed by atoms with Crippen molar-refractivity contribution in [3.8, 4) is 0 Å². The molecular formula is C17H26N2. The summed E-state index contributed by atoms with van der Waals surface area (Å²) in [6.45, 7) is 17.2. The van der Waals surface area contributed by atoms with E-state index >= 15 is 0 Å². The van der Waals surface area contributed by atoms with Crippen molar-refractivity contribution in [2.75, 3.05) is 31.1 Å². The Hall–Kier alpha value is -1.44. The molecule has 0 amide bonds. The lowest BCUT2D eigenvalue weighted by molar-refractivity contribution is 0.323. The average Bonchev–Trinajstić information content (AvgIpc) is 2.38. The van der Waals surface area contributed by atoms with Crippen molar-refractivity contribution < 1.29 is 0 Å². The number of allylic oxidation sites excluding steroid dienone is 1. The van der Waals surface area contributed by atoms with Gasteiger partial charge in [0.05, 0.1) is 0 Å². The van der Waals surface area contributed by atoms with Gasteiger partial charge >= 0.3 is 0 Å². The molecule has 1 saturated heterocycles. The molecule has 0 N–H and O–H groups in total. The van der Waals surface area contributed by atoms with E-state index in [1.807, 2.05) is 0 Å². The van der Waals surface area contributed by atoms with Crippen LogP contribution in [0, 0.1) is 0 Å². The van der Waals surface area contributed by atoms with Crippen LogP contribution in [-0.4, -0.2) is 31.1 Å². The SMILES string of the molecule is C=C(C)N1CCN(c2ccc(C(C)(C)C)cc2)CC1. The second-order valence-corrected chi connectivity index (χ2v) is 6.51. The summed E-state index contributed by atoms with van der Waals surface area (Å²) in [7, 11) is 0. The van der Waals surface area contributed by atoms with Gasteiger partial charge in [0.2, 0.25) is 0 Å². The quantitative estimate of drug-likeness (QED) is 0.799. The molecule has 2 rings (SSSR count). The maximum absolute atomic E-state index is 4.02. The topological polar surface area (TPSA) is 6.48 Å². The van der Waals surface area contributed by atoms with E-state index in [1.54, 1.807) is 0 Å². The average molecular weight is 258 g/mol. The van der Waals surface area contributed by atoms with Crippen molar-refractivity contribution >= 4 is 5.69 Å². The normalized spacial score (nSPS) is 16.6. The van der Waals surface area contributed by atoms with Crippen molar-refractivity contribution in [2.24, 2.45) is 0 Å². The Balaban J connectivity index is 2.02. The minimum atomic E-state index is 0.233. The minimum absolute atomic E-state index is 0.233. The van der Waals surface area contributed by atoms with Crippen LogP contribution in [0.3, 0.4) is 0 Å². The first-order valence-electron chi connectivity index (χ1n) is 7.14. The molecule has 1 aromatic rings. The van der Waals surface area contributed by atoms with Crippen LogP contribution in [-0.2, 0) is 5.41 Å². The molecule has 0 bridgehead atoms. The van der Waals surface area contributed by atoms with E-state index < -0.39 is 0 Å². The van der Waals surface area contributed by atoms with Gasteiger partial charge < -0.3 is 9.80 Å². The highest BCUT2D eigenvalue weighted by molar-refractivity contribution is 5.49. The molecule has 1 fully saturated rings. The molecule has 0 saturated carbocycles. The Kier molecular flexibility index (Phi) is 3.88. The van der Waals surface area contributed by atoms with Crippen molar-refractivity contribution in [3.05, 3.63) is 42.1 Å². The third-order valence-electron chi connectivity index (χ3n) is 3.92. The van der Waals surface area contributed by atoms with Crippen LogP contribution >= 0.6 is 0 Å². The number of piperazine rings is 1. The summed E-state index contributed by atoms with van der Waals surface area (Å²) in [6.07, 6.45) is 0. The summed E-state index contributed by atoms with van der Waals surface area (Å²) in [5.41, 5.74) is 4.16. The van der Waals surface area contributed by atoms with Crippen molar-refractivity contribution in [3.63, 3.8) is 0 Å². The molecule has 1 aliphatic rings. The van der Waals surface area contributed by atoms with Gasteiger partial charge in [-0.2, -0.15) is 0 Å². The number of hydrogen-bond donors (Lipinski definition) is 0. The highest BCUT2D eigenvalue weighted by Crippen LogP contribution is 2.25. The first-order chi connectivity index (χ1) is 8.88. The van der Waals surface area contributed by atoms with Gasteiger partial charge in [-0.25, -0.2) is 0 Å². The van der Waals surface area contributed by atoms with Gasteiger partial charge in [0.15, 0.2) is 0 Å². The summed E-state index contributed by atoms with van der Waals surface area (Å²) in [5, 5.41) is 0. The van der Waals surface area contributed by atoms with Gasteiger partial charge in [-0.15, -0.1) is 0 Å². The molecule has 1 aliphatic heterocycles. The minimum Gasteiger partial charge on any atom is -0.372 e. The number of nitrogens with zero attached hydrogens (tertiary/aromatic N) is 2. The Labute approximate surface area is 117 Å². The van der Waals surface area contributed by atoms with Crippen LogP contribution in [0.15, 0.2) is 36.5 Å². The number of benzene rings is 1. The smallest absolute Gasteiger partial charge is 0.0367 e. The van der Waals surface area contributed by atoms with Gasteiger partial charge in [0.25, 0.3) is 0 Å². The van der Waals surface area contributed by atoms with Crippen molar-refractivity contribution in [2.45, 2.75) is 33.1 Å². The highest BCUT2D eigenvalue weighted by atomic mass is 15.3. The molecule has 1 heterocycles. The Morgan fingerprint density at radius 1 is 1.00 bits per heavy atom. The fourth-order valence-corrected chi connectivity index (χ4v) is 2.52. The van der Waals surface area contributed by atoms with E-state index in [1.165, 1.54) is 16.9 Å². The lowest BCUT2D eigenvalue weighted by Gasteiger charge is -2.37. The number of hydrogen-bond acceptors (Lipinski definition) is 2. The van der Waals surface area contributed by atoms with E-state index in [0.717, 1.165) is 26.2 Å². The standard InChI is InChI=1S/C17H26N2/c1-14(2)18-10-12-19(13-11-18)16-8-6-15(7-9-16)17(3,4)5/h6-9H,1,10-13H2,2-5H3.